The quantitative estimate of drug-likeness (QED) is 0.476. The molecule has 0 radical (unpaired) electrons. The molecule has 0 unspecified atom stereocenters. The van der Waals surface area contributed by atoms with E-state index in [2.05, 4.69) is 0 Å². The maximum atomic E-state index is 13.4. The first-order chi connectivity index (χ1) is 13.5. The second-order valence-corrected chi connectivity index (χ2v) is 7.59. The molecule has 1 amide bonds. The lowest BCUT2D eigenvalue weighted by Gasteiger charge is -2.20. The van der Waals surface area contributed by atoms with Gasteiger partial charge in [-0.2, -0.15) is 0 Å². The van der Waals surface area contributed by atoms with Crippen LogP contribution in [-0.4, -0.2) is 20.0 Å². The molecule has 1 aliphatic rings. The topological polar surface area (TPSA) is 23.6 Å². The summed E-state index contributed by atoms with van der Waals surface area (Å²) in [6.07, 6.45) is 1.91. The predicted molar refractivity (Wildman–Crippen MR) is 119 cm³/mol. The summed E-state index contributed by atoms with van der Waals surface area (Å²) in [7, 11) is 3.99. The van der Waals surface area contributed by atoms with Gasteiger partial charge in [-0.1, -0.05) is 59.6 Å². The van der Waals surface area contributed by atoms with Crippen LogP contribution in [0, 0.1) is 0 Å². The molecule has 1 aliphatic heterocycles. The third-order valence-electron chi connectivity index (χ3n) is 4.75. The van der Waals surface area contributed by atoms with Crippen molar-refractivity contribution in [1.29, 1.82) is 0 Å². The molecule has 0 saturated carbocycles. The van der Waals surface area contributed by atoms with Gasteiger partial charge in [0, 0.05) is 25.3 Å². The standard InChI is InChI=1S/C23H18Cl2N2O/c1-26(2)16-12-10-15(11-13-16)14-18-17-6-3-4-9-21(17)27(23(18)28)22-19(24)7-5-8-20(22)25/h3-14H,1-2H3/b18-14-. The average molecular weight is 409 g/mol. The number of hydrogen-bond acceptors (Lipinski definition) is 2. The molecule has 0 aliphatic carbocycles. The zero-order valence-corrected chi connectivity index (χ0v) is 17.0. The third-order valence-corrected chi connectivity index (χ3v) is 5.36. The lowest BCUT2D eigenvalue weighted by molar-refractivity contribution is -0.112. The number of carbonyl (C=O) groups excluding carboxylic acids is 1. The summed E-state index contributed by atoms with van der Waals surface area (Å²) >= 11 is 12.8. The Morgan fingerprint density at radius 2 is 1.50 bits per heavy atom. The lowest BCUT2D eigenvalue weighted by Crippen LogP contribution is -2.21. The Morgan fingerprint density at radius 1 is 0.857 bits per heavy atom. The molecule has 140 valence electrons. The first-order valence-corrected chi connectivity index (χ1v) is 9.60. The van der Waals surface area contributed by atoms with Gasteiger partial charge in [0.1, 0.15) is 0 Å². The second kappa shape index (κ2) is 7.34. The molecular weight excluding hydrogens is 391 g/mol. The molecule has 3 aromatic carbocycles. The zero-order chi connectivity index (χ0) is 19.8. The SMILES string of the molecule is CN(C)c1ccc(/C=C2\C(=O)N(c3c(Cl)cccc3Cl)c3ccccc32)cc1. The largest absolute Gasteiger partial charge is 0.378 e. The number of hydrogen-bond donors (Lipinski definition) is 0. The highest BCUT2D eigenvalue weighted by Crippen LogP contribution is 2.46. The van der Waals surface area contributed by atoms with Crippen LogP contribution >= 0.6 is 23.2 Å². The maximum Gasteiger partial charge on any atom is 0.263 e. The van der Waals surface area contributed by atoms with E-state index in [4.69, 9.17) is 23.2 Å². The first kappa shape index (κ1) is 18.6. The van der Waals surface area contributed by atoms with Crippen LogP contribution in [0.15, 0.2) is 66.7 Å². The Bertz CT molecular complexity index is 1070. The van der Waals surface area contributed by atoms with E-state index < -0.39 is 0 Å². The summed E-state index contributed by atoms with van der Waals surface area (Å²) in [4.78, 5) is 17.0. The number of halogens is 2. The number of carbonyl (C=O) groups is 1. The molecule has 1 heterocycles. The number of rotatable bonds is 3. The lowest BCUT2D eigenvalue weighted by atomic mass is 10.0. The minimum Gasteiger partial charge on any atom is -0.378 e. The second-order valence-electron chi connectivity index (χ2n) is 6.77. The van der Waals surface area contributed by atoms with Gasteiger partial charge in [-0.05, 0) is 42.0 Å². The highest BCUT2D eigenvalue weighted by atomic mass is 35.5. The van der Waals surface area contributed by atoms with Crippen molar-refractivity contribution < 1.29 is 4.79 Å². The smallest absolute Gasteiger partial charge is 0.263 e. The van der Waals surface area contributed by atoms with Crippen LogP contribution in [0.2, 0.25) is 10.0 Å². The number of benzene rings is 3. The molecule has 0 aromatic heterocycles. The van der Waals surface area contributed by atoms with Gasteiger partial charge in [0.2, 0.25) is 0 Å². The minimum absolute atomic E-state index is 0.145. The summed E-state index contributed by atoms with van der Waals surface area (Å²) in [6.45, 7) is 0. The molecule has 0 atom stereocenters. The van der Waals surface area contributed by atoms with E-state index in [1.54, 1.807) is 23.1 Å². The molecule has 0 fully saturated rings. The van der Waals surface area contributed by atoms with Gasteiger partial charge >= 0.3 is 0 Å². The molecule has 0 saturated heterocycles. The first-order valence-electron chi connectivity index (χ1n) is 8.84. The van der Waals surface area contributed by atoms with Crippen molar-refractivity contribution in [2.75, 3.05) is 23.9 Å². The van der Waals surface area contributed by atoms with Crippen LogP contribution in [0.25, 0.3) is 11.6 Å². The zero-order valence-electron chi connectivity index (χ0n) is 15.5. The molecule has 3 nitrogen and oxygen atoms in total. The Labute approximate surface area is 174 Å². The van der Waals surface area contributed by atoms with Gasteiger partial charge in [-0.15, -0.1) is 0 Å². The van der Waals surface area contributed by atoms with Gasteiger partial charge in [-0.25, -0.2) is 0 Å². The van der Waals surface area contributed by atoms with Gasteiger partial charge in [0.15, 0.2) is 0 Å². The Hall–Kier alpha value is -2.75. The van der Waals surface area contributed by atoms with Crippen LogP contribution in [0.5, 0.6) is 0 Å². The van der Waals surface area contributed by atoms with Crippen molar-refractivity contribution in [1.82, 2.24) is 0 Å². The van der Waals surface area contributed by atoms with Crippen LogP contribution in [0.4, 0.5) is 17.1 Å². The summed E-state index contributed by atoms with van der Waals surface area (Å²) in [5.74, 6) is -0.145. The van der Waals surface area contributed by atoms with Crippen molar-refractivity contribution >= 4 is 57.8 Å². The maximum absolute atomic E-state index is 13.4. The predicted octanol–water partition coefficient (Wildman–Crippen LogP) is 6.28. The number of fused-ring (bicyclic) bond motifs is 1. The van der Waals surface area contributed by atoms with E-state index in [-0.39, 0.29) is 5.91 Å². The number of para-hydroxylation sites is 2. The van der Waals surface area contributed by atoms with Crippen LogP contribution in [0.3, 0.4) is 0 Å². The normalized spacial score (nSPS) is 14.5. The van der Waals surface area contributed by atoms with Crippen LogP contribution < -0.4 is 9.80 Å². The fraction of sp³-hybridized carbons (Fsp3) is 0.0870. The van der Waals surface area contributed by atoms with Crippen molar-refractivity contribution in [3.05, 3.63) is 87.9 Å². The molecule has 3 aromatic rings. The van der Waals surface area contributed by atoms with E-state index in [0.717, 1.165) is 22.5 Å². The minimum atomic E-state index is -0.145. The van der Waals surface area contributed by atoms with Gasteiger partial charge in [0.25, 0.3) is 5.91 Å². The Morgan fingerprint density at radius 3 is 2.14 bits per heavy atom. The Balaban J connectivity index is 1.83. The number of anilines is 3. The summed E-state index contributed by atoms with van der Waals surface area (Å²) < 4.78 is 0. The highest BCUT2D eigenvalue weighted by Gasteiger charge is 2.35. The fourth-order valence-electron chi connectivity index (χ4n) is 3.34. The summed E-state index contributed by atoms with van der Waals surface area (Å²) in [6, 6.07) is 21.0. The molecule has 28 heavy (non-hydrogen) atoms. The Kier molecular flexibility index (Phi) is 4.88. The van der Waals surface area contributed by atoms with E-state index in [9.17, 15) is 4.79 Å². The van der Waals surface area contributed by atoms with E-state index >= 15 is 0 Å². The van der Waals surface area contributed by atoms with Crippen molar-refractivity contribution in [2.45, 2.75) is 0 Å². The van der Waals surface area contributed by atoms with E-state index in [0.29, 0.717) is 21.3 Å². The van der Waals surface area contributed by atoms with Gasteiger partial charge in [0.05, 0.1) is 27.0 Å². The van der Waals surface area contributed by atoms with Crippen molar-refractivity contribution in [2.24, 2.45) is 0 Å². The van der Waals surface area contributed by atoms with Crippen LogP contribution in [0.1, 0.15) is 11.1 Å². The average Bonchev–Trinajstić information content (AvgIpc) is 2.95. The van der Waals surface area contributed by atoms with Crippen LogP contribution in [-0.2, 0) is 4.79 Å². The van der Waals surface area contributed by atoms with Crippen molar-refractivity contribution in [3.8, 4) is 0 Å². The van der Waals surface area contributed by atoms with Gasteiger partial charge < -0.3 is 4.90 Å². The van der Waals surface area contributed by atoms with Gasteiger partial charge in [-0.3, -0.25) is 9.69 Å². The summed E-state index contributed by atoms with van der Waals surface area (Å²) in [5, 5.41) is 0.875. The molecule has 4 rings (SSSR count). The van der Waals surface area contributed by atoms with Crippen molar-refractivity contribution in [3.63, 3.8) is 0 Å². The highest BCUT2D eigenvalue weighted by molar-refractivity contribution is 6.44. The summed E-state index contributed by atoms with van der Waals surface area (Å²) in [5.41, 5.74) is 4.82. The fourth-order valence-corrected chi connectivity index (χ4v) is 3.91. The molecule has 5 heteroatoms. The monoisotopic (exact) mass is 408 g/mol. The number of nitrogens with zero attached hydrogens (tertiary/aromatic N) is 2. The molecular formula is C23H18Cl2N2O. The third kappa shape index (κ3) is 3.17. The number of amides is 1. The molecule has 0 bridgehead atoms. The molecule has 0 spiro atoms. The molecule has 0 N–H and O–H groups in total. The van der Waals surface area contributed by atoms with E-state index in [1.807, 2.05) is 73.6 Å². The van der Waals surface area contributed by atoms with E-state index in [1.165, 1.54) is 0 Å².